The molecule has 0 saturated carbocycles. The SMILES string of the molecule is COC(=O)c1cccc(CS(=O)(=O)N2CCCNCC2)c1. The maximum absolute atomic E-state index is 12.4. The molecule has 116 valence electrons. The highest BCUT2D eigenvalue weighted by Crippen LogP contribution is 2.14. The van der Waals surface area contributed by atoms with Gasteiger partial charge >= 0.3 is 5.97 Å². The first kappa shape index (κ1) is 15.9. The topological polar surface area (TPSA) is 75.7 Å². The molecule has 1 aliphatic rings. The zero-order chi connectivity index (χ0) is 15.3. The van der Waals surface area contributed by atoms with Crippen molar-refractivity contribution in [1.29, 1.82) is 0 Å². The fourth-order valence-corrected chi connectivity index (χ4v) is 3.87. The van der Waals surface area contributed by atoms with E-state index in [2.05, 4.69) is 10.1 Å². The quantitative estimate of drug-likeness (QED) is 0.824. The molecule has 0 aromatic heterocycles. The molecule has 21 heavy (non-hydrogen) atoms. The van der Waals surface area contributed by atoms with Crippen LogP contribution in [0.15, 0.2) is 24.3 Å². The van der Waals surface area contributed by atoms with Gasteiger partial charge in [-0.25, -0.2) is 17.5 Å². The van der Waals surface area contributed by atoms with Crippen molar-refractivity contribution in [1.82, 2.24) is 9.62 Å². The summed E-state index contributed by atoms with van der Waals surface area (Å²) >= 11 is 0. The molecular formula is C14H20N2O4S. The van der Waals surface area contributed by atoms with Gasteiger partial charge in [0.15, 0.2) is 0 Å². The summed E-state index contributed by atoms with van der Waals surface area (Å²) < 4.78 is 31.0. The number of carbonyl (C=O) groups excluding carboxylic acids is 1. The van der Waals surface area contributed by atoms with E-state index < -0.39 is 16.0 Å². The van der Waals surface area contributed by atoms with Crippen LogP contribution in [0.1, 0.15) is 22.3 Å². The van der Waals surface area contributed by atoms with E-state index in [-0.39, 0.29) is 5.75 Å². The fraction of sp³-hybridized carbons (Fsp3) is 0.500. The summed E-state index contributed by atoms with van der Waals surface area (Å²) in [6.07, 6.45) is 0.807. The van der Waals surface area contributed by atoms with E-state index in [0.717, 1.165) is 13.0 Å². The number of sulfonamides is 1. The van der Waals surface area contributed by atoms with Crippen molar-refractivity contribution >= 4 is 16.0 Å². The number of nitrogens with zero attached hydrogens (tertiary/aromatic N) is 1. The number of nitrogens with one attached hydrogen (secondary N) is 1. The van der Waals surface area contributed by atoms with Crippen molar-refractivity contribution in [2.45, 2.75) is 12.2 Å². The van der Waals surface area contributed by atoms with Crippen molar-refractivity contribution in [3.05, 3.63) is 35.4 Å². The van der Waals surface area contributed by atoms with Crippen LogP contribution in [-0.2, 0) is 20.5 Å². The molecule has 6 nitrogen and oxygen atoms in total. The number of carbonyl (C=O) groups is 1. The van der Waals surface area contributed by atoms with Crippen molar-refractivity contribution < 1.29 is 17.9 Å². The number of rotatable bonds is 4. The van der Waals surface area contributed by atoms with Crippen molar-refractivity contribution in [3.8, 4) is 0 Å². The van der Waals surface area contributed by atoms with Crippen LogP contribution in [0.3, 0.4) is 0 Å². The van der Waals surface area contributed by atoms with Crippen molar-refractivity contribution in [2.24, 2.45) is 0 Å². The molecule has 1 aromatic rings. The van der Waals surface area contributed by atoms with Crippen molar-refractivity contribution in [3.63, 3.8) is 0 Å². The lowest BCUT2D eigenvalue weighted by atomic mass is 10.1. The van der Waals surface area contributed by atoms with Crippen LogP contribution in [0.5, 0.6) is 0 Å². The van der Waals surface area contributed by atoms with Crippen LogP contribution in [0.2, 0.25) is 0 Å². The van der Waals surface area contributed by atoms with Crippen molar-refractivity contribution in [2.75, 3.05) is 33.3 Å². The summed E-state index contributed by atoms with van der Waals surface area (Å²) in [6.45, 7) is 2.52. The predicted octanol–water partition coefficient (Wildman–Crippen LogP) is 0.598. The largest absolute Gasteiger partial charge is 0.465 e. The first-order chi connectivity index (χ1) is 10.0. The number of esters is 1. The highest BCUT2D eigenvalue weighted by molar-refractivity contribution is 7.88. The monoisotopic (exact) mass is 312 g/mol. The van der Waals surface area contributed by atoms with Crippen LogP contribution in [0, 0.1) is 0 Å². The van der Waals surface area contributed by atoms with Crippen LogP contribution in [0.25, 0.3) is 0 Å². The average molecular weight is 312 g/mol. The van der Waals surface area contributed by atoms with E-state index in [9.17, 15) is 13.2 Å². The summed E-state index contributed by atoms with van der Waals surface area (Å²) in [5.74, 6) is -0.564. The Hall–Kier alpha value is -1.44. The van der Waals surface area contributed by atoms with Gasteiger partial charge in [-0.1, -0.05) is 12.1 Å². The fourth-order valence-electron chi connectivity index (χ4n) is 2.31. The third-order valence-corrected chi connectivity index (χ3v) is 5.24. The number of benzene rings is 1. The maximum Gasteiger partial charge on any atom is 0.337 e. The van der Waals surface area contributed by atoms with Gasteiger partial charge in [0.25, 0.3) is 0 Å². The third kappa shape index (κ3) is 4.26. The molecule has 0 bridgehead atoms. The smallest absolute Gasteiger partial charge is 0.337 e. The number of hydrogen-bond acceptors (Lipinski definition) is 5. The van der Waals surface area contributed by atoms with Crippen LogP contribution < -0.4 is 5.32 Å². The summed E-state index contributed by atoms with van der Waals surface area (Å²) in [7, 11) is -2.07. The first-order valence-electron chi connectivity index (χ1n) is 6.89. The molecule has 0 radical (unpaired) electrons. The third-order valence-electron chi connectivity index (χ3n) is 3.39. The van der Waals surface area contributed by atoms with Crippen LogP contribution in [-0.4, -0.2) is 52.0 Å². The lowest BCUT2D eigenvalue weighted by molar-refractivity contribution is 0.0600. The van der Waals surface area contributed by atoms with E-state index in [1.165, 1.54) is 11.4 Å². The highest BCUT2D eigenvalue weighted by atomic mass is 32.2. The Morgan fingerprint density at radius 2 is 2.14 bits per heavy atom. The minimum absolute atomic E-state index is 0.0994. The Labute approximate surface area is 125 Å². The molecule has 7 heteroatoms. The van der Waals surface area contributed by atoms with Gasteiger partial charge in [0.05, 0.1) is 18.4 Å². The van der Waals surface area contributed by atoms with Gasteiger partial charge in [0.1, 0.15) is 0 Å². The summed E-state index contributed by atoms with van der Waals surface area (Å²) in [6, 6.07) is 6.55. The highest BCUT2D eigenvalue weighted by Gasteiger charge is 2.23. The van der Waals surface area contributed by atoms with Gasteiger partial charge in [0.2, 0.25) is 10.0 Å². The van der Waals surface area contributed by atoms with E-state index in [4.69, 9.17) is 0 Å². The minimum Gasteiger partial charge on any atom is -0.465 e. The molecule has 0 atom stereocenters. The molecule has 1 heterocycles. The molecule has 0 spiro atoms. The van der Waals surface area contributed by atoms with E-state index in [0.29, 0.717) is 30.8 Å². The molecule has 1 fully saturated rings. The van der Waals surface area contributed by atoms with E-state index >= 15 is 0 Å². The molecule has 1 N–H and O–H groups in total. The first-order valence-corrected chi connectivity index (χ1v) is 8.49. The minimum atomic E-state index is -3.37. The predicted molar refractivity (Wildman–Crippen MR) is 79.5 cm³/mol. The summed E-state index contributed by atoms with van der Waals surface area (Å²) in [4.78, 5) is 11.5. The summed E-state index contributed by atoms with van der Waals surface area (Å²) in [5, 5.41) is 3.18. The van der Waals surface area contributed by atoms with Crippen LogP contribution in [0.4, 0.5) is 0 Å². The van der Waals surface area contributed by atoms with E-state index in [1.807, 2.05) is 0 Å². The van der Waals surface area contributed by atoms with Gasteiger partial charge in [-0.2, -0.15) is 0 Å². The lowest BCUT2D eigenvalue weighted by Crippen LogP contribution is -2.35. The Morgan fingerprint density at radius 1 is 1.33 bits per heavy atom. The number of ether oxygens (including phenoxy) is 1. The lowest BCUT2D eigenvalue weighted by Gasteiger charge is -2.19. The second-order valence-corrected chi connectivity index (χ2v) is 6.92. The standard InChI is InChI=1S/C14H20N2O4S/c1-20-14(17)13-5-2-4-12(10-13)11-21(18,19)16-8-3-6-15-7-9-16/h2,4-5,10,15H,3,6-9,11H2,1H3. The zero-order valence-corrected chi connectivity index (χ0v) is 12.9. The Bertz CT molecular complexity index is 593. The zero-order valence-electron chi connectivity index (χ0n) is 12.0. The second-order valence-electron chi connectivity index (χ2n) is 4.95. The van der Waals surface area contributed by atoms with Gasteiger partial charge in [-0.05, 0) is 30.7 Å². The van der Waals surface area contributed by atoms with Crippen LogP contribution >= 0.6 is 0 Å². The van der Waals surface area contributed by atoms with Gasteiger partial charge in [0, 0.05) is 19.6 Å². The number of methoxy groups -OCH3 is 1. The maximum atomic E-state index is 12.4. The van der Waals surface area contributed by atoms with Gasteiger partial charge < -0.3 is 10.1 Å². The summed E-state index contributed by atoms with van der Waals surface area (Å²) in [5.41, 5.74) is 0.956. The Balaban J connectivity index is 2.14. The molecule has 2 rings (SSSR count). The average Bonchev–Trinajstić information content (AvgIpc) is 2.76. The number of hydrogen-bond donors (Lipinski definition) is 1. The Kier molecular flexibility index (Phi) is 5.33. The molecule has 0 aliphatic carbocycles. The molecule has 0 unspecified atom stereocenters. The second kappa shape index (κ2) is 7.02. The van der Waals surface area contributed by atoms with Gasteiger partial charge in [-0.3, -0.25) is 0 Å². The molecule has 1 saturated heterocycles. The van der Waals surface area contributed by atoms with Gasteiger partial charge in [-0.15, -0.1) is 0 Å². The van der Waals surface area contributed by atoms with E-state index in [1.54, 1.807) is 24.3 Å². The normalized spacial score (nSPS) is 17.2. The Morgan fingerprint density at radius 3 is 2.90 bits per heavy atom. The molecular weight excluding hydrogens is 292 g/mol. The molecule has 1 aliphatic heterocycles. The molecule has 0 amide bonds. The molecule has 1 aromatic carbocycles.